The predicted molar refractivity (Wildman–Crippen MR) is 84.4 cm³/mol. The lowest BCUT2D eigenvalue weighted by molar-refractivity contribution is 0.284. The highest BCUT2D eigenvalue weighted by atomic mass is 19.1. The fourth-order valence-electron chi connectivity index (χ4n) is 3.13. The summed E-state index contributed by atoms with van der Waals surface area (Å²) in [6, 6.07) is 6.16. The molecule has 0 unspecified atom stereocenters. The number of aromatic nitrogens is 3. The molecule has 0 saturated carbocycles. The molecule has 3 heterocycles. The van der Waals surface area contributed by atoms with Crippen LogP contribution in [0.1, 0.15) is 12.1 Å². The monoisotopic (exact) mass is 303 g/mol. The molecule has 1 aliphatic heterocycles. The zero-order valence-corrected chi connectivity index (χ0v) is 13.1. The molecule has 2 aromatic rings. The van der Waals surface area contributed by atoms with Crippen molar-refractivity contribution in [2.75, 3.05) is 25.0 Å². The van der Waals surface area contributed by atoms with Crippen molar-refractivity contribution < 1.29 is 4.39 Å². The maximum absolute atomic E-state index is 13.9. The fourth-order valence-corrected chi connectivity index (χ4v) is 3.13. The van der Waals surface area contributed by atoms with E-state index in [9.17, 15) is 4.39 Å². The number of likely N-dealkylation sites (N-methyl/N-ethyl adjacent to an activating group) is 1. The lowest BCUT2D eigenvalue weighted by atomic mass is 10.2. The van der Waals surface area contributed by atoms with E-state index in [0.29, 0.717) is 13.0 Å². The molecule has 5 nitrogen and oxygen atoms in total. The second kappa shape index (κ2) is 6.44. The van der Waals surface area contributed by atoms with Crippen molar-refractivity contribution in [2.45, 2.75) is 25.2 Å². The first-order valence-corrected chi connectivity index (χ1v) is 7.59. The van der Waals surface area contributed by atoms with E-state index in [0.717, 1.165) is 18.9 Å². The van der Waals surface area contributed by atoms with Crippen LogP contribution in [-0.4, -0.2) is 51.8 Å². The van der Waals surface area contributed by atoms with Gasteiger partial charge in [-0.15, -0.1) is 0 Å². The van der Waals surface area contributed by atoms with Crippen molar-refractivity contribution in [1.82, 2.24) is 19.4 Å². The minimum atomic E-state index is -0.789. The van der Waals surface area contributed by atoms with Gasteiger partial charge in [-0.1, -0.05) is 0 Å². The Kier molecular flexibility index (Phi) is 4.38. The van der Waals surface area contributed by atoms with Crippen LogP contribution in [0.25, 0.3) is 0 Å². The van der Waals surface area contributed by atoms with Crippen molar-refractivity contribution >= 4 is 5.82 Å². The van der Waals surface area contributed by atoms with Gasteiger partial charge < -0.3 is 9.47 Å². The van der Waals surface area contributed by atoms with Gasteiger partial charge in [0.2, 0.25) is 0 Å². The molecule has 3 rings (SSSR count). The first-order chi connectivity index (χ1) is 10.6. The smallest absolute Gasteiger partial charge is 0.132 e. The molecule has 0 aromatic carbocycles. The normalized spacial score (nSPS) is 21.7. The minimum absolute atomic E-state index is 0.148. The van der Waals surface area contributed by atoms with Crippen LogP contribution in [-0.2, 0) is 13.6 Å². The summed E-state index contributed by atoms with van der Waals surface area (Å²) in [6.45, 7) is 2.09. The fraction of sp³-hybridized carbons (Fsp3) is 0.500. The molecule has 22 heavy (non-hydrogen) atoms. The average molecular weight is 303 g/mol. The molecule has 1 saturated heterocycles. The van der Waals surface area contributed by atoms with E-state index in [1.165, 1.54) is 12.0 Å². The van der Waals surface area contributed by atoms with Crippen molar-refractivity contribution in [1.29, 1.82) is 0 Å². The van der Waals surface area contributed by atoms with E-state index >= 15 is 0 Å². The Morgan fingerprint density at radius 1 is 1.41 bits per heavy atom. The van der Waals surface area contributed by atoms with E-state index in [1.807, 2.05) is 25.4 Å². The van der Waals surface area contributed by atoms with Crippen LogP contribution < -0.4 is 4.90 Å². The lowest BCUT2D eigenvalue weighted by Crippen LogP contribution is -2.39. The van der Waals surface area contributed by atoms with Gasteiger partial charge in [-0.25, -0.2) is 14.4 Å². The van der Waals surface area contributed by atoms with Crippen LogP contribution in [0.15, 0.2) is 36.9 Å². The largest absolute Gasteiger partial charge is 0.353 e. The SMILES string of the molecule is CN(Cc1cccn1C)C[C@@H]1C[C@H](F)CN1c1ccncn1. The summed E-state index contributed by atoms with van der Waals surface area (Å²) in [5.41, 5.74) is 1.26. The maximum atomic E-state index is 13.9. The number of anilines is 1. The van der Waals surface area contributed by atoms with Crippen molar-refractivity contribution in [2.24, 2.45) is 7.05 Å². The summed E-state index contributed by atoms with van der Waals surface area (Å²) in [6.07, 6.45) is 5.04. The number of aryl methyl sites for hydroxylation is 1. The van der Waals surface area contributed by atoms with E-state index in [2.05, 4.69) is 37.4 Å². The van der Waals surface area contributed by atoms with Crippen LogP contribution in [0.2, 0.25) is 0 Å². The van der Waals surface area contributed by atoms with Gasteiger partial charge in [0.15, 0.2) is 0 Å². The summed E-state index contributed by atoms with van der Waals surface area (Å²) >= 11 is 0. The highest BCUT2D eigenvalue weighted by Gasteiger charge is 2.33. The maximum Gasteiger partial charge on any atom is 0.132 e. The Hall–Kier alpha value is -1.95. The van der Waals surface area contributed by atoms with Crippen LogP contribution in [0.4, 0.5) is 10.2 Å². The lowest BCUT2D eigenvalue weighted by Gasteiger charge is -2.29. The van der Waals surface area contributed by atoms with Gasteiger partial charge in [-0.05, 0) is 25.2 Å². The second-order valence-electron chi connectivity index (χ2n) is 6.01. The first-order valence-electron chi connectivity index (χ1n) is 7.59. The minimum Gasteiger partial charge on any atom is -0.353 e. The molecule has 118 valence electrons. The molecule has 2 atom stereocenters. The van der Waals surface area contributed by atoms with Gasteiger partial charge in [0.1, 0.15) is 18.3 Å². The van der Waals surface area contributed by atoms with Gasteiger partial charge in [0.25, 0.3) is 0 Å². The molecule has 0 aliphatic carbocycles. The molecule has 0 N–H and O–H groups in total. The van der Waals surface area contributed by atoms with Gasteiger partial charge in [-0.3, -0.25) is 4.90 Å². The zero-order chi connectivity index (χ0) is 15.5. The van der Waals surface area contributed by atoms with E-state index < -0.39 is 6.17 Å². The summed E-state index contributed by atoms with van der Waals surface area (Å²) in [7, 11) is 4.13. The van der Waals surface area contributed by atoms with Crippen LogP contribution in [0, 0.1) is 0 Å². The molecular formula is C16H22FN5. The van der Waals surface area contributed by atoms with Crippen molar-refractivity contribution in [3.8, 4) is 0 Å². The summed E-state index contributed by atoms with van der Waals surface area (Å²) < 4.78 is 16.0. The number of hydrogen-bond donors (Lipinski definition) is 0. The number of alkyl halides is 1. The molecule has 6 heteroatoms. The Morgan fingerprint density at radius 2 is 2.27 bits per heavy atom. The molecule has 2 aromatic heterocycles. The first kappa shape index (κ1) is 15.0. The Morgan fingerprint density at radius 3 is 2.95 bits per heavy atom. The number of hydrogen-bond acceptors (Lipinski definition) is 4. The highest BCUT2D eigenvalue weighted by molar-refractivity contribution is 5.40. The van der Waals surface area contributed by atoms with Crippen LogP contribution >= 0.6 is 0 Å². The van der Waals surface area contributed by atoms with Crippen molar-refractivity contribution in [3.05, 3.63) is 42.6 Å². The van der Waals surface area contributed by atoms with E-state index in [1.54, 1.807) is 6.20 Å². The average Bonchev–Trinajstić information content (AvgIpc) is 3.06. The third-order valence-electron chi connectivity index (χ3n) is 4.23. The summed E-state index contributed by atoms with van der Waals surface area (Å²) in [4.78, 5) is 12.5. The van der Waals surface area contributed by atoms with Crippen LogP contribution in [0.3, 0.4) is 0 Å². The predicted octanol–water partition coefficient (Wildman–Crippen LogP) is 1.86. The van der Waals surface area contributed by atoms with E-state index in [4.69, 9.17) is 0 Å². The summed E-state index contributed by atoms with van der Waals surface area (Å²) in [5, 5.41) is 0. The Bertz CT molecular complexity index is 600. The molecule has 1 fully saturated rings. The molecule has 0 radical (unpaired) electrons. The highest BCUT2D eigenvalue weighted by Crippen LogP contribution is 2.26. The molecule has 1 aliphatic rings. The second-order valence-corrected chi connectivity index (χ2v) is 6.01. The zero-order valence-electron chi connectivity index (χ0n) is 13.1. The van der Waals surface area contributed by atoms with Gasteiger partial charge in [0, 0.05) is 50.7 Å². The van der Waals surface area contributed by atoms with Gasteiger partial charge in [-0.2, -0.15) is 0 Å². The third-order valence-corrected chi connectivity index (χ3v) is 4.23. The number of nitrogens with zero attached hydrogens (tertiary/aromatic N) is 5. The Balaban J connectivity index is 1.66. The number of halogens is 1. The molecular weight excluding hydrogens is 281 g/mol. The quantitative estimate of drug-likeness (QED) is 0.845. The summed E-state index contributed by atoms with van der Waals surface area (Å²) in [5.74, 6) is 0.812. The topological polar surface area (TPSA) is 37.2 Å². The van der Waals surface area contributed by atoms with Gasteiger partial charge in [0.05, 0.1) is 6.54 Å². The van der Waals surface area contributed by atoms with Crippen molar-refractivity contribution in [3.63, 3.8) is 0 Å². The Labute approximate surface area is 130 Å². The molecule has 0 amide bonds. The van der Waals surface area contributed by atoms with E-state index in [-0.39, 0.29) is 6.04 Å². The number of rotatable bonds is 5. The molecule has 0 bridgehead atoms. The van der Waals surface area contributed by atoms with Gasteiger partial charge >= 0.3 is 0 Å². The molecule has 0 spiro atoms. The van der Waals surface area contributed by atoms with Crippen LogP contribution in [0.5, 0.6) is 0 Å². The third kappa shape index (κ3) is 3.27. The standard InChI is InChI=1S/C16H22FN5/c1-20(10-14-4-3-7-21(14)2)11-15-8-13(17)9-22(15)16-5-6-18-12-19-16/h3-7,12-13,15H,8-11H2,1-2H3/t13-,15-/m0/s1.